The molecule has 2 unspecified atom stereocenters. The first-order chi connectivity index (χ1) is 12.7. The fraction of sp³-hybridized carbons (Fsp3) is 0.273. The van der Waals surface area contributed by atoms with E-state index in [-0.39, 0.29) is 6.04 Å². The van der Waals surface area contributed by atoms with Gasteiger partial charge >= 0.3 is 0 Å². The van der Waals surface area contributed by atoms with Gasteiger partial charge in [-0.25, -0.2) is 4.98 Å². The molecule has 0 aliphatic carbocycles. The fourth-order valence-electron chi connectivity index (χ4n) is 2.71. The van der Waals surface area contributed by atoms with Gasteiger partial charge in [0.25, 0.3) is 0 Å². The zero-order valence-electron chi connectivity index (χ0n) is 15.6. The number of hydrogen-bond acceptors (Lipinski definition) is 4. The Balaban J connectivity index is 1.91. The number of aromatic nitrogens is 2. The van der Waals surface area contributed by atoms with E-state index in [1.54, 1.807) is 0 Å². The van der Waals surface area contributed by atoms with E-state index >= 15 is 0 Å². The Morgan fingerprint density at radius 1 is 0.846 bits per heavy atom. The molecule has 0 amide bonds. The largest absolute Gasteiger partial charge is 0.363 e. The van der Waals surface area contributed by atoms with E-state index in [4.69, 9.17) is 4.98 Å². The lowest BCUT2D eigenvalue weighted by molar-refractivity contribution is 0.752. The first-order valence-electron chi connectivity index (χ1n) is 9.18. The minimum Gasteiger partial charge on any atom is -0.363 e. The lowest BCUT2D eigenvalue weighted by Crippen LogP contribution is -2.17. The molecule has 1 heterocycles. The molecule has 0 aliphatic rings. The number of hydrogen-bond donors (Lipinski definition) is 2. The molecule has 4 heteroatoms. The number of anilines is 2. The van der Waals surface area contributed by atoms with Crippen molar-refractivity contribution in [2.45, 2.75) is 39.3 Å². The minimum atomic E-state index is 0.158. The highest BCUT2D eigenvalue weighted by atomic mass is 15.2. The standard InChI is InChI=1S/C22H26N4/c1-4-16(2)23-22-25-20(19-13-9-6-10-14-19)15-21(26-22)24-17(3)18-11-7-5-8-12-18/h5-17H,4H2,1-3H3,(H2,23,24,25,26). The summed E-state index contributed by atoms with van der Waals surface area (Å²) in [6.07, 6.45) is 1.02. The summed E-state index contributed by atoms with van der Waals surface area (Å²) in [7, 11) is 0. The van der Waals surface area contributed by atoms with Gasteiger partial charge in [0, 0.05) is 23.7 Å². The highest BCUT2D eigenvalue weighted by Gasteiger charge is 2.11. The topological polar surface area (TPSA) is 49.8 Å². The van der Waals surface area contributed by atoms with Gasteiger partial charge in [0.1, 0.15) is 5.82 Å². The van der Waals surface area contributed by atoms with Gasteiger partial charge < -0.3 is 10.6 Å². The molecular formula is C22H26N4. The Labute approximate surface area is 155 Å². The predicted molar refractivity (Wildman–Crippen MR) is 109 cm³/mol. The molecule has 4 nitrogen and oxygen atoms in total. The first-order valence-corrected chi connectivity index (χ1v) is 9.18. The molecule has 2 N–H and O–H groups in total. The van der Waals surface area contributed by atoms with Crippen molar-refractivity contribution in [3.63, 3.8) is 0 Å². The van der Waals surface area contributed by atoms with Gasteiger partial charge in [-0.2, -0.15) is 4.98 Å². The lowest BCUT2D eigenvalue weighted by atomic mass is 10.1. The summed E-state index contributed by atoms with van der Waals surface area (Å²) in [6, 6.07) is 23.1. The average Bonchev–Trinajstić information content (AvgIpc) is 2.69. The second kappa shape index (κ2) is 8.48. The van der Waals surface area contributed by atoms with Crippen LogP contribution in [0.1, 0.15) is 38.8 Å². The molecule has 0 aliphatic heterocycles. The quantitative estimate of drug-likeness (QED) is 0.591. The first kappa shape index (κ1) is 17.9. The Morgan fingerprint density at radius 2 is 1.50 bits per heavy atom. The van der Waals surface area contributed by atoms with Gasteiger partial charge in [-0.1, -0.05) is 67.6 Å². The van der Waals surface area contributed by atoms with Crippen LogP contribution >= 0.6 is 0 Å². The summed E-state index contributed by atoms with van der Waals surface area (Å²) in [5.41, 5.74) is 3.22. The third-order valence-corrected chi connectivity index (χ3v) is 4.45. The zero-order chi connectivity index (χ0) is 18.4. The van der Waals surface area contributed by atoms with Gasteiger partial charge in [0.05, 0.1) is 5.69 Å². The van der Waals surface area contributed by atoms with E-state index in [2.05, 4.69) is 72.8 Å². The van der Waals surface area contributed by atoms with Crippen LogP contribution in [0.15, 0.2) is 66.7 Å². The molecule has 0 bridgehead atoms. The van der Waals surface area contributed by atoms with Crippen molar-refractivity contribution in [1.29, 1.82) is 0 Å². The molecule has 134 valence electrons. The van der Waals surface area contributed by atoms with E-state index in [1.807, 2.05) is 30.3 Å². The SMILES string of the molecule is CCC(C)Nc1nc(NC(C)c2ccccc2)cc(-c2ccccc2)n1. The Hall–Kier alpha value is -2.88. The van der Waals surface area contributed by atoms with Gasteiger partial charge in [0.2, 0.25) is 5.95 Å². The van der Waals surface area contributed by atoms with E-state index in [9.17, 15) is 0 Å². The molecule has 0 fully saturated rings. The molecule has 2 aromatic carbocycles. The summed E-state index contributed by atoms with van der Waals surface area (Å²) in [5, 5.41) is 6.90. The van der Waals surface area contributed by atoms with Gasteiger partial charge in [-0.05, 0) is 25.8 Å². The average molecular weight is 346 g/mol. The van der Waals surface area contributed by atoms with Crippen molar-refractivity contribution >= 4 is 11.8 Å². The van der Waals surface area contributed by atoms with Gasteiger partial charge in [-0.15, -0.1) is 0 Å². The van der Waals surface area contributed by atoms with Gasteiger partial charge in [0.15, 0.2) is 0 Å². The van der Waals surface area contributed by atoms with Crippen LogP contribution in [0.4, 0.5) is 11.8 Å². The second-order valence-electron chi connectivity index (χ2n) is 6.56. The molecule has 3 aromatic rings. The molecule has 2 atom stereocenters. The summed E-state index contributed by atoms with van der Waals surface area (Å²) >= 11 is 0. The van der Waals surface area contributed by atoms with Gasteiger partial charge in [-0.3, -0.25) is 0 Å². The smallest absolute Gasteiger partial charge is 0.225 e. The van der Waals surface area contributed by atoms with E-state index < -0.39 is 0 Å². The van der Waals surface area contributed by atoms with E-state index in [0.717, 1.165) is 23.5 Å². The van der Waals surface area contributed by atoms with Crippen LogP contribution in [0.5, 0.6) is 0 Å². The third-order valence-electron chi connectivity index (χ3n) is 4.45. The van der Waals surface area contributed by atoms with Crippen molar-refractivity contribution in [3.8, 4) is 11.3 Å². The maximum Gasteiger partial charge on any atom is 0.225 e. The second-order valence-corrected chi connectivity index (χ2v) is 6.56. The fourth-order valence-corrected chi connectivity index (χ4v) is 2.71. The summed E-state index contributed by atoms with van der Waals surface area (Å²) in [4.78, 5) is 9.39. The van der Waals surface area contributed by atoms with Crippen LogP contribution in [-0.4, -0.2) is 16.0 Å². The summed E-state index contributed by atoms with van der Waals surface area (Å²) in [6.45, 7) is 6.43. The zero-order valence-corrected chi connectivity index (χ0v) is 15.6. The monoisotopic (exact) mass is 346 g/mol. The van der Waals surface area contributed by atoms with Crippen molar-refractivity contribution in [2.75, 3.05) is 10.6 Å². The Morgan fingerprint density at radius 3 is 2.15 bits per heavy atom. The molecule has 0 saturated heterocycles. The highest BCUT2D eigenvalue weighted by molar-refractivity contribution is 5.64. The van der Waals surface area contributed by atoms with Crippen molar-refractivity contribution < 1.29 is 0 Å². The molecule has 1 aromatic heterocycles. The maximum absolute atomic E-state index is 4.71. The molecule has 0 radical (unpaired) electrons. The van der Waals surface area contributed by atoms with Crippen LogP contribution < -0.4 is 10.6 Å². The van der Waals surface area contributed by atoms with Crippen LogP contribution in [0, 0.1) is 0 Å². The maximum atomic E-state index is 4.71. The van der Waals surface area contributed by atoms with Crippen molar-refractivity contribution in [2.24, 2.45) is 0 Å². The normalized spacial score (nSPS) is 13.0. The van der Waals surface area contributed by atoms with Crippen LogP contribution in [0.3, 0.4) is 0 Å². The van der Waals surface area contributed by atoms with Crippen LogP contribution in [0.25, 0.3) is 11.3 Å². The molecular weight excluding hydrogens is 320 g/mol. The predicted octanol–water partition coefficient (Wildman–Crippen LogP) is 5.53. The van der Waals surface area contributed by atoms with E-state index in [1.165, 1.54) is 5.56 Å². The van der Waals surface area contributed by atoms with Crippen LogP contribution in [0.2, 0.25) is 0 Å². The Bertz CT molecular complexity index is 818. The molecule has 26 heavy (non-hydrogen) atoms. The number of nitrogens with one attached hydrogen (secondary N) is 2. The number of rotatable bonds is 7. The minimum absolute atomic E-state index is 0.158. The Kier molecular flexibility index (Phi) is 5.84. The summed E-state index contributed by atoms with van der Waals surface area (Å²) < 4.78 is 0. The third kappa shape index (κ3) is 4.60. The van der Waals surface area contributed by atoms with Crippen molar-refractivity contribution in [1.82, 2.24) is 9.97 Å². The molecule has 3 rings (SSSR count). The van der Waals surface area contributed by atoms with Crippen molar-refractivity contribution in [3.05, 3.63) is 72.3 Å². The number of benzene rings is 2. The summed E-state index contributed by atoms with van der Waals surface area (Å²) in [5.74, 6) is 1.48. The lowest BCUT2D eigenvalue weighted by Gasteiger charge is -2.18. The number of nitrogens with zero attached hydrogens (tertiary/aromatic N) is 2. The van der Waals surface area contributed by atoms with Crippen LogP contribution in [-0.2, 0) is 0 Å². The molecule has 0 saturated carbocycles. The van der Waals surface area contributed by atoms with E-state index in [0.29, 0.717) is 12.0 Å². The molecule has 0 spiro atoms. The highest BCUT2D eigenvalue weighted by Crippen LogP contribution is 2.24.